The van der Waals surface area contributed by atoms with Gasteiger partial charge in [0.25, 0.3) is 15.9 Å². The monoisotopic (exact) mass is 461 g/mol. The van der Waals surface area contributed by atoms with Gasteiger partial charge >= 0.3 is 0 Å². The fourth-order valence-electron chi connectivity index (χ4n) is 4.16. The standard InChI is InChI=1S/C22H27N3O4S2/c1-2-3-5-17-7-9-18(10-8-17)25-20(26)16-19(22(25)27)23-11-13-24(14-12-23)31(28,29)21-6-4-15-30-21/h4,6-10,15,19H,2-3,5,11-14,16H2,1H3/t19-/m0/s1. The number of unbranched alkanes of at least 4 members (excludes halogenated alkanes) is 1. The van der Waals surface area contributed by atoms with Crippen LogP contribution >= 0.6 is 11.3 Å². The number of carbonyl (C=O) groups is 2. The van der Waals surface area contributed by atoms with E-state index in [1.54, 1.807) is 17.5 Å². The number of aryl methyl sites for hydroxylation is 1. The highest BCUT2D eigenvalue weighted by Crippen LogP contribution is 2.28. The Kier molecular flexibility index (Phi) is 6.57. The van der Waals surface area contributed by atoms with Crippen LogP contribution in [0.2, 0.25) is 0 Å². The first-order chi connectivity index (χ1) is 14.9. The third-order valence-electron chi connectivity index (χ3n) is 5.94. The predicted molar refractivity (Wildman–Crippen MR) is 121 cm³/mol. The van der Waals surface area contributed by atoms with Crippen LogP contribution < -0.4 is 4.90 Å². The number of nitrogens with zero attached hydrogens (tertiary/aromatic N) is 3. The smallest absolute Gasteiger partial charge is 0.252 e. The third kappa shape index (κ3) is 4.45. The van der Waals surface area contributed by atoms with E-state index in [0.29, 0.717) is 36.1 Å². The zero-order valence-corrected chi connectivity index (χ0v) is 19.2. The molecule has 1 aromatic heterocycles. The molecule has 3 heterocycles. The maximum atomic E-state index is 13.1. The normalized spacial score (nSPS) is 21.2. The van der Waals surface area contributed by atoms with Gasteiger partial charge in [-0.25, -0.2) is 13.3 Å². The van der Waals surface area contributed by atoms with Crippen molar-refractivity contribution in [1.29, 1.82) is 0 Å². The summed E-state index contributed by atoms with van der Waals surface area (Å²) in [4.78, 5) is 28.9. The number of thiophene rings is 1. The Labute approximate surface area is 187 Å². The van der Waals surface area contributed by atoms with Crippen molar-refractivity contribution in [2.75, 3.05) is 31.1 Å². The Balaban J connectivity index is 1.40. The summed E-state index contributed by atoms with van der Waals surface area (Å²) in [6.07, 6.45) is 3.35. The zero-order chi connectivity index (χ0) is 22.0. The number of imide groups is 1. The van der Waals surface area contributed by atoms with Crippen LogP contribution in [-0.4, -0.2) is 61.7 Å². The fourth-order valence-corrected chi connectivity index (χ4v) is 6.72. The Morgan fingerprint density at radius 3 is 2.35 bits per heavy atom. The van der Waals surface area contributed by atoms with Gasteiger partial charge in [0.15, 0.2) is 0 Å². The molecule has 2 aromatic rings. The molecule has 0 bridgehead atoms. The van der Waals surface area contributed by atoms with E-state index >= 15 is 0 Å². The van der Waals surface area contributed by atoms with E-state index in [1.165, 1.54) is 26.1 Å². The van der Waals surface area contributed by atoms with Crippen LogP contribution in [0.25, 0.3) is 0 Å². The molecule has 1 aromatic carbocycles. The summed E-state index contributed by atoms with van der Waals surface area (Å²) in [5.41, 5.74) is 1.81. The van der Waals surface area contributed by atoms with Crippen LogP contribution in [-0.2, 0) is 26.0 Å². The molecule has 2 aliphatic heterocycles. The summed E-state index contributed by atoms with van der Waals surface area (Å²) in [7, 11) is -3.49. The molecule has 31 heavy (non-hydrogen) atoms. The second kappa shape index (κ2) is 9.20. The summed E-state index contributed by atoms with van der Waals surface area (Å²) in [5, 5.41) is 1.75. The van der Waals surface area contributed by atoms with Crippen molar-refractivity contribution in [3.8, 4) is 0 Å². The Morgan fingerprint density at radius 1 is 1.03 bits per heavy atom. The molecule has 0 spiro atoms. The fraction of sp³-hybridized carbons (Fsp3) is 0.455. The van der Waals surface area contributed by atoms with E-state index in [-0.39, 0.29) is 18.2 Å². The number of hydrogen-bond donors (Lipinski definition) is 0. The van der Waals surface area contributed by atoms with Crippen LogP contribution in [0, 0.1) is 0 Å². The Hall–Kier alpha value is -2.07. The van der Waals surface area contributed by atoms with E-state index in [0.717, 1.165) is 19.3 Å². The van der Waals surface area contributed by atoms with Gasteiger partial charge in [0.1, 0.15) is 4.21 Å². The van der Waals surface area contributed by atoms with Gasteiger partial charge in [-0.05, 0) is 42.0 Å². The minimum Gasteiger partial charge on any atom is -0.289 e. The van der Waals surface area contributed by atoms with Gasteiger partial charge in [0.2, 0.25) is 5.91 Å². The molecule has 2 aliphatic rings. The van der Waals surface area contributed by atoms with Crippen molar-refractivity contribution < 1.29 is 18.0 Å². The number of sulfonamides is 1. The van der Waals surface area contributed by atoms with Crippen LogP contribution in [0.5, 0.6) is 0 Å². The Morgan fingerprint density at radius 2 is 1.74 bits per heavy atom. The molecule has 0 saturated carbocycles. The van der Waals surface area contributed by atoms with Gasteiger partial charge in [0.05, 0.1) is 18.2 Å². The van der Waals surface area contributed by atoms with Crippen LogP contribution in [0.4, 0.5) is 5.69 Å². The van der Waals surface area contributed by atoms with Crippen molar-refractivity contribution in [3.63, 3.8) is 0 Å². The number of benzene rings is 1. The molecule has 1 atom stereocenters. The Bertz CT molecular complexity index is 1030. The van der Waals surface area contributed by atoms with Crippen LogP contribution in [0.15, 0.2) is 46.0 Å². The molecule has 166 valence electrons. The average Bonchev–Trinajstić information content (AvgIpc) is 3.42. The van der Waals surface area contributed by atoms with Crippen molar-refractivity contribution >= 4 is 38.9 Å². The van der Waals surface area contributed by atoms with Crippen molar-refractivity contribution in [3.05, 3.63) is 47.3 Å². The van der Waals surface area contributed by atoms with E-state index in [1.807, 2.05) is 29.2 Å². The van der Waals surface area contributed by atoms with Gasteiger partial charge in [-0.15, -0.1) is 11.3 Å². The van der Waals surface area contributed by atoms with Crippen LogP contribution in [0.3, 0.4) is 0 Å². The number of hydrogen-bond acceptors (Lipinski definition) is 6. The number of piperazine rings is 1. The molecular formula is C22H27N3O4S2. The largest absolute Gasteiger partial charge is 0.289 e. The lowest BCUT2D eigenvalue weighted by molar-refractivity contribution is -0.123. The molecule has 0 radical (unpaired) electrons. The van der Waals surface area contributed by atoms with Crippen molar-refractivity contribution in [1.82, 2.24) is 9.21 Å². The van der Waals surface area contributed by atoms with Crippen LogP contribution in [0.1, 0.15) is 31.7 Å². The molecule has 9 heteroatoms. The highest BCUT2D eigenvalue weighted by Gasteiger charge is 2.44. The summed E-state index contributed by atoms with van der Waals surface area (Å²) in [5.74, 6) is -0.425. The molecule has 0 aliphatic carbocycles. The molecule has 4 rings (SSSR count). The first-order valence-corrected chi connectivity index (χ1v) is 13.0. The number of carbonyl (C=O) groups excluding carboxylic acids is 2. The minimum absolute atomic E-state index is 0.133. The number of rotatable bonds is 7. The number of amides is 2. The SMILES string of the molecule is CCCCc1ccc(N2C(=O)C[C@H](N3CCN(S(=O)(=O)c4cccs4)CC3)C2=O)cc1. The first kappa shape index (κ1) is 22.1. The second-order valence-corrected chi connectivity index (χ2v) is 11.0. The number of anilines is 1. The maximum absolute atomic E-state index is 13.1. The molecular weight excluding hydrogens is 434 g/mol. The molecule has 7 nitrogen and oxygen atoms in total. The van der Waals surface area contributed by atoms with Gasteiger partial charge in [-0.3, -0.25) is 14.5 Å². The highest BCUT2D eigenvalue weighted by molar-refractivity contribution is 7.91. The lowest BCUT2D eigenvalue weighted by Gasteiger charge is -2.36. The summed E-state index contributed by atoms with van der Waals surface area (Å²) >= 11 is 1.20. The molecule has 0 unspecified atom stereocenters. The topological polar surface area (TPSA) is 78.0 Å². The molecule has 2 fully saturated rings. The quantitative estimate of drug-likeness (QED) is 0.593. The lowest BCUT2D eigenvalue weighted by Crippen LogP contribution is -2.53. The summed E-state index contributed by atoms with van der Waals surface area (Å²) in [6, 6.07) is 10.4. The van der Waals surface area contributed by atoms with Gasteiger partial charge in [-0.1, -0.05) is 31.5 Å². The van der Waals surface area contributed by atoms with Gasteiger partial charge < -0.3 is 0 Å². The molecule has 2 amide bonds. The van der Waals surface area contributed by atoms with Gasteiger partial charge in [0, 0.05) is 26.2 Å². The van der Waals surface area contributed by atoms with E-state index in [4.69, 9.17) is 0 Å². The minimum atomic E-state index is -3.49. The zero-order valence-electron chi connectivity index (χ0n) is 17.6. The van der Waals surface area contributed by atoms with Crippen molar-refractivity contribution in [2.24, 2.45) is 0 Å². The van der Waals surface area contributed by atoms with Gasteiger partial charge in [-0.2, -0.15) is 4.31 Å². The first-order valence-electron chi connectivity index (χ1n) is 10.6. The lowest BCUT2D eigenvalue weighted by atomic mass is 10.1. The predicted octanol–water partition coefficient (Wildman–Crippen LogP) is 2.73. The maximum Gasteiger partial charge on any atom is 0.252 e. The average molecular weight is 462 g/mol. The van der Waals surface area contributed by atoms with Crippen molar-refractivity contribution in [2.45, 2.75) is 42.9 Å². The second-order valence-electron chi connectivity index (χ2n) is 7.93. The van der Waals surface area contributed by atoms with E-state index in [9.17, 15) is 18.0 Å². The summed E-state index contributed by atoms with van der Waals surface area (Å²) < 4.78 is 27.2. The third-order valence-corrected chi connectivity index (χ3v) is 9.21. The summed E-state index contributed by atoms with van der Waals surface area (Å²) in [6.45, 7) is 3.62. The molecule has 2 saturated heterocycles. The highest BCUT2D eigenvalue weighted by atomic mass is 32.2. The van der Waals surface area contributed by atoms with E-state index < -0.39 is 16.1 Å². The van der Waals surface area contributed by atoms with E-state index in [2.05, 4.69) is 6.92 Å². The molecule has 0 N–H and O–H groups in total.